The van der Waals surface area contributed by atoms with Gasteiger partial charge >= 0.3 is 0 Å². The highest BCUT2D eigenvalue weighted by Crippen LogP contribution is 2.20. The Bertz CT molecular complexity index is 771. The average Bonchev–Trinajstić information content (AvgIpc) is 2.60. The molecular formula is C21H21NO2. The maximum atomic E-state index is 12.4. The number of amides is 2. The zero-order valence-electron chi connectivity index (χ0n) is 14.2. The van der Waals surface area contributed by atoms with Gasteiger partial charge in [0.25, 0.3) is 5.91 Å². The lowest BCUT2D eigenvalue weighted by Gasteiger charge is -2.18. The molecular weight excluding hydrogens is 298 g/mol. The quantitative estimate of drug-likeness (QED) is 0.766. The number of anilines is 1. The van der Waals surface area contributed by atoms with Crippen molar-refractivity contribution < 1.29 is 9.59 Å². The van der Waals surface area contributed by atoms with Crippen molar-refractivity contribution >= 4 is 29.2 Å². The smallest absolute Gasteiger partial charge is 0.257 e. The van der Waals surface area contributed by atoms with Gasteiger partial charge in [0.2, 0.25) is 5.91 Å². The Morgan fingerprint density at radius 3 is 2.08 bits per heavy atom. The third kappa shape index (κ3) is 4.29. The van der Waals surface area contributed by atoms with Crippen molar-refractivity contribution in [2.75, 3.05) is 4.90 Å². The van der Waals surface area contributed by atoms with Crippen LogP contribution in [0.4, 0.5) is 5.69 Å². The fourth-order valence-corrected chi connectivity index (χ4v) is 2.31. The lowest BCUT2D eigenvalue weighted by molar-refractivity contribution is -0.122. The van der Waals surface area contributed by atoms with Crippen LogP contribution in [0.2, 0.25) is 0 Å². The highest BCUT2D eigenvalue weighted by Gasteiger charge is 2.17. The molecule has 3 heteroatoms. The van der Waals surface area contributed by atoms with Gasteiger partial charge in [0.15, 0.2) is 0 Å². The highest BCUT2D eigenvalue weighted by molar-refractivity contribution is 6.19. The molecule has 0 radical (unpaired) electrons. The number of allylic oxidation sites excluding steroid dienone is 2. The zero-order chi connectivity index (χ0) is 17.5. The summed E-state index contributed by atoms with van der Waals surface area (Å²) in [6.45, 7) is 5.38. The van der Waals surface area contributed by atoms with Crippen LogP contribution in [0.15, 0.2) is 66.7 Å². The summed E-state index contributed by atoms with van der Waals surface area (Å²) in [7, 11) is 0. The first-order valence-corrected chi connectivity index (χ1v) is 7.84. The topological polar surface area (TPSA) is 37.4 Å². The van der Waals surface area contributed by atoms with Gasteiger partial charge in [0.1, 0.15) is 0 Å². The Morgan fingerprint density at radius 1 is 0.917 bits per heavy atom. The number of hydrogen-bond donors (Lipinski definition) is 0. The van der Waals surface area contributed by atoms with E-state index in [-0.39, 0.29) is 11.8 Å². The lowest BCUT2D eigenvalue weighted by atomic mass is 10.1. The molecule has 0 fully saturated rings. The average molecular weight is 319 g/mol. The molecule has 0 aliphatic heterocycles. The highest BCUT2D eigenvalue weighted by atomic mass is 16.2. The normalized spacial score (nSPS) is 11.5. The van der Waals surface area contributed by atoms with Crippen molar-refractivity contribution in [1.82, 2.24) is 0 Å². The van der Waals surface area contributed by atoms with Crippen LogP contribution in [-0.4, -0.2) is 11.8 Å². The van der Waals surface area contributed by atoms with Crippen LogP contribution in [0.1, 0.15) is 31.9 Å². The van der Waals surface area contributed by atoms with Gasteiger partial charge in [-0.25, -0.2) is 4.90 Å². The van der Waals surface area contributed by atoms with Gasteiger partial charge in [-0.05, 0) is 48.8 Å². The summed E-state index contributed by atoms with van der Waals surface area (Å²) in [5, 5.41) is 0. The summed E-state index contributed by atoms with van der Waals surface area (Å²) in [6.07, 6.45) is 5.14. The zero-order valence-corrected chi connectivity index (χ0v) is 14.2. The third-order valence-electron chi connectivity index (χ3n) is 3.77. The number of hydrogen-bond acceptors (Lipinski definition) is 2. The van der Waals surface area contributed by atoms with Crippen LogP contribution in [0, 0.1) is 0 Å². The standard InChI is InChI=1S/C21H21NO2/c1-4-16(2)19-11-13-20(14-12-19)22(17(3)23)21(24)15-10-18-8-6-5-7-9-18/h4-15H,1-3H3/b15-10+,16-4-. The molecule has 24 heavy (non-hydrogen) atoms. The van der Waals surface area contributed by atoms with E-state index >= 15 is 0 Å². The number of rotatable bonds is 4. The van der Waals surface area contributed by atoms with E-state index in [0.717, 1.165) is 16.7 Å². The fraction of sp³-hybridized carbons (Fsp3) is 0.143. The second-order valence-electron chi connectivity index (χ2n) is 5.46. The minimum Gasteiger partial charge on any atom is -0.274 e. The third-order valence-corrected chi connectivity index (χ3v) is 3.77. The molecule has 2 amide bonds. The Labute approximate surface area is 142 Å². The van der Waals surface area contributed by atoms with E-state index < -0.39 is 0 Å². The van der Waals surface area contributed by atoms with E-state index in [0.29, 0.717) is 5.69 Å². The molecule has 0 aliphatic rings. The number of imide groups is 1. The molecule has 0 aliphatic carbocycles. The second kappa shape index (κ2) is 8.06. The molecule has 0 N–H and O–H groups in total. The van der Waals surface area contributed by atoms with Gasteiger partial charge in [-0.1, -0.05) is 48.5 Å². The van der Waals surface area contributed by atoms with Crippen molar-refractivity contribution in [3.8, 4) is 0 Å². The minimum atomic E-state index is -0.359. The van der Waals surface area contributed by atoms with Crippen LogP contribution in [-0.2, 0) is 9.59 Å². The molecule has 0 unspecified atom stereocenters. The van der Waals surface area contributed by atoms with Gasteiger partial charge in [0.05, 0.1) is 5.69 Å². The first-order chi connectivity index (χ1) is 11.5. The number of benzene rings is 2. The van der Waals surface area contributed by atoms with Gasteiger partial charge in [0, 0.05) is 13.0 Å². The molecule has 0 bridgehead atoms. The van der Waals surface area contributed by atoms with Crippen molar-refractivity contribution in [1.29, 1.82) is 0 Å². The lowest BCUT2D eigenvalue weighted by Crippen LogP contribution is -2.33. The summed E-state index contributed by atoms with van der Waals surface area (Å²) in [5.74, 6) is -0.671. The van der Waals surface area contributed by atoms with E-state index in [9.17, 15) is 9.59 Å². The van der Waals surface area contributed by atoms with Crippen LogP contribution in [0.25, 0.3) is 11.6 Å². The first kappa shape index (κ1) is 17.4. The van der Waals surface area contributed by atoms with Crippen molar-refractivity contribution in [3.05, 3.63) is 77.9 Å². The van der Waals surface area contributed by atoms with Gasteiger partial charge in [-0.15, -0.1) is 0 Å². The monoisotopic (exact) mass is 319 g/mol. The summed E-state index contributed by atoms with van der Waals surface area (Å²) in [5.41, 5.74) is 3.69. The molecule has 0 atom stereocenters. The Kier molecular flexibility index (Phi) is 5.85. The fourth-order valence-electron chi connectivity index (χ4n) is 2.31. The van der Waals surface area contributed by atoms with E-state index in [1.165, 1.54) is 17.9 Å². The summed E-state index contributed by atoms with van der Waals surface area (Å²) < 4.78 is 0. The molecule has 0 saturated heterocycles. The van der Waals surface area contributed by atoms with Gasteiger partial charge in [-0.2, -0.15) is 0 Å². The molecule has 0 saturated carbocycles. The van der Waals surface area contributed by atoms with E-state index in [2.05, 4.69) is 0 Å². The number of carbonyl (C=O) groups is 2. The Balaban J connectivity index is 2.24. The SMILES string of the molecule is C/C=C(/C)c1ccc(N(C(C)=O)C(=O)/C=C/c2ccccc2)cc1. The number of carbonyl (C=O) groups excluding carboxylic acids is 2. The predicted octanol–water partition coefficient (Wildman–Crippen LogP) is 4.70. The van der Waals surface area contributed by atoms with Crippen LogP contribution < -0.4 is 4.90 Å². The van der Waals surface area contributed by atoms with Crippen molar-refractivity contribution in [2.45, 2.75) is 20.8 Å². The Morgan fingerprint density at radius 2 is 1.54 bits per heavy atom. The molecule has 0 aromatic heterocycles. The van der Waals surface area contributed by atoms with E-state index in [4.69, 9.17) is 0 Å². The van der Waals surface area contributed by atoms with Crippen LogP contribution in [0.5, 0.6) is 0 Å². The maximum Gasteiger partial charge on any atom is 0.257 e. The summed E-state index contributed by atoms with van der Waals surface area (Å²) in [6, 6.07) is 16.9. The molecule has 0 spiro atoms. The maximum absolute atomic E-state index is 12.4. The largest absolute Gasteiger partial charge is 0.274 e. The van der Waals surface area contributed by atoms with Crippen molar-refractivity contribution in [2.24, 2.45) is 0 Å². The van der Waals surface area contributed by atoms with Crippen LogP contribution in [0.3, 0.4) is 0 Å². The number of nitrogens with zero attached hydrogens (tertiary/aromatic N) is 1. The molecule has 2 rings (SSSR count). The molecule has 2 aromatic rings. The first-order valence-electron chi connectivity index (χ1n) is 7.84. The van der Waals surface area contributed by atoms with Crippen LogP contribution >= 0.6 is 0 Å². The Hall–Kier alpha value is -2.94. The van der Waals surface area contributed by atoms with Crippen molar-refractivity contribution in [3.63, 3.8) is 0 Å². The summed E-state index contributed by atoms with van der Waals surface area (Å²) in [4.78, 5) is 25.5. The molecule has 3 nitrogen and oxygen atoms in total. The second-order valence-corrected chi connectivity index (χ2v) is 5.46. The van der Waals surface area contributed by atoms with Gasteiger partial charge < -0.3 is 0 Å². The summed E-state index contributed by atoms with van der Waals surface area (Å²) >= 11 is 0. The predicted molar refractivity (Wildman–Crippen MR) is 99.4 cm³/mol. The van der Waals surface area contributed by atoms with E-state index in [1.807, 2.05) is 62.4 Å². The molecule has 0 heterocycles. The molecule has 122 valence electrons. The minimum absolute atomic E-state index is 0.312. The van der Waals surface area contributed by atoms with E-state index in [1.54, 1.807) is 18.2 Å². The van der Waals surface area contributed by atoms with Gasteiger partial charge in [-0.3, -0.25) is 9.59 Å². The molecule has 2 aromatic carbocycles.